The van der Waals surface area contributed by atoms with Gasteiger partial charge in [0.25, 0.3) is 11.1 Å². The summed E-state index contributed by atoms with van der Waals surface area (Å²) in [6, 6.07) is 9.57. The molecule has 0 saturated carbocycles. The Morgan fingerprint density at radius 2 is 1.88 bits per heavy atom. The van der Waals surface area contributed by atoms with Crippen LogP contribution in [0.25, 0.3) is 11.0 Å². The number of hydrogen-bond donors (Lipinski definition) is 1. The number of nitrogens with one attached hydrogen (secondary N) is 1. The van der Waals surface area contributed by atoms with Crippen molar-refractivity contribution >= 4 is 22.8 Å². The van der Waals surface area contributed by atoms with E-state index in [0.29, 0.717) is 18.5 Å². The predicted molar refractivity (Wildman–Crippen MR) is 128 cm³/mol. The van der Waals surface area contributed by atoms with Crippen LogP contribution in [0, 0.1) is 0 Å². The summed E-state index contributed by atoms with van der Waals surface area (Å²) in [7, 11) is 0. The number of hydrogen-bond acceptors (Lipinski definition) is 7. The van der Waals surface area contributed by atoms with E-state index in [9.17, 15) is 9.59 Å². The van der Waals surface area contributed by atoms with Crippen molar-refractivity contribution in [2.24, 2.45) is 0 Å². The quantitative estimate of drug-likeness (QED) is 0.619. The topological polar surface area (TPSA) is 81.4 Å². The first-order chi connectivity index (χ1) is 16.2. The summed E-state index contributed by atoms with van der Waals surface area (Å²) < 4.78 is 9.11. The molecule has 0 bridgehead atoms. The van der Waals surface area contributed by atoms with Gasteiger partial charge in [-0.25, -0.2) is 0 Å². The van der Waals surface area contributed by atoms with Gasteiger partial charge in [0.1, 0.15) is 11.6 Å². The Kier molecular flexibility index (Phi) is 5.48. The van der Waals surface area contributed by atoms with E-state index in [-0.39, 0.29) is 17.2 Å². The Hall–Kier alpha value is -2.62. The molecule has 0 spiro atoms. The normalized spacial score (nSPS) is 20.7. The zero-order valence-electron chi connectivity index (χ0n) is 18.4. The Bertz CT molecular complexity index is 1310. The number of fused-ring (bicyclic) bond motifs is 1. The lowest BCUT2D eigenvalue weighted by Crippen LogP contribution is -2.46. The van der Waals surface area contributed by atoms with E-state index in [4.69, 9.17) is 4.74 Å². The summed E-state index contributed by atoms with van der Waals surface area (Å²) >= 11 is 1.72. The molecule has 0 amide bonds. The van der Waals surface area contributed by atoms with Crippen molar-refractivity contribution in [1.29, 1.82) is 0 Å². The van der Waals surface area contributed by atoms with Gasteiger partial charge in [0.05, 0.1) is 22.8 Å². The molecule has 0 radical (unpaired) electrons. The molecule has 0 aromatic carbocycles. The smallest absolute Gasteiger partial charge is 0.252 e. The van der Waals surface area contributed by atoms with Gasteiger partial charge in [-0.15, -0.1) is 0 Å². The maximum atomic E-state index is 12.8. The number of pyridine rings is 3. The van der Waals surface area contributed by atoms with Crippen LogP contribution >= 0.6 is 11.8 Å². The number of aromatic nitrogens is 3. The fraction of sp³-hybridized carbons (Fsp3) is 0.458. The van der Waals surface area contributed by atoms with Crippen molar-refractivity contribution in [2.45, 2.75) is 49.3 Å². The maximum Gasteiger partial charge on any atom is 0.252 e. The number of rotatable bonds is 5. The second kappa shape index (κ2) is 8.62. The summed E-state index contributed by atoms with van der Waals surface area (Å²) in [6.07, 6.45) is 4.78. The summed E-state index contributed by atoms with van der Waals surface area (Å²) in [5, 5.41) is 4.62. The van der Waals surface area contributed by atoms with E-state index in [1.165, 1.54) is 4.90 Å². The van der Waals surface area contributed by atoms with Crippen molar-refractivity contribution in [2.75, 3.05) is 25.6 Å². The molecule has 3 aromatic rings. The monoisotopic (exact) mass is 465 g/mol. The van der Waals surface area contributed by atoms with Gasteiger partial charge < -0.3 is 15.0 Å². The largest absolute Gasteiger partial charge is 0.480 e. The number of aryl methyl sites for hydroxylation is 1. The standard InChI is InChI=1S/C24H27N5O3S/c30-22-3-1-16-2-4-23(31)29-19(7-10-28(22)24(16)29)14-27-8-5-17(6-9-27)25-12-18-11-21-20(13-26-18)32-15-33-21/h1-4,11,13,17,19,25H,5-10,12,14-15H2. The molecule has 3 aliphatic heterocycles. The van der Waals surface area contributed by atoms with E-state index in [0.717, 1.165) is 67.9 Å². The van der Waals surface area contributed by atoms with Gasteiger partial charge in [0.15, 0.2) is 5.75 Å². The minimum atomic E-state index is -0.0313. The summed E-state index contributed by atoms with van der Waals surface area (Å²) in [5.41, 5.74) is 1.77. The average Bonchev–Trinajstić information content (AvgIpc) is 3.31. The lowest BCUT2D eigenvalue weighted by atomic mass is 10.0. The lowest BCUT2D eigenvalue weighted by Gasteiger charge is -2.37. The van der Waals surface area contributed by atoms with Crippen LogP contribution in [0.1, 0.15) is 31.0 Å². The third-order valence-corrected chi connectivity index (χ3v) is 7.92. The van der Waals surface area contributed by atoms with Crippen molar-refractivity contribution < 1.29 is 4.74 Å². The molecule has 1 atom stereocenters. The number of likely N-dealkylation sites (tertiary alicyclic amines) is 1. The van der Waals surface area contributed by atoms with E-state index < -0.39 is 0 Å². The predicted octanol–water partition coefficient (Wildman–Crippen LogP) is 2.20. The molecule has 1 unspecified atom stereocenters. The molecule has 1 N–H and O–H groups in total. The van der Waals surface area contributed by atoms with Crippen LogP contribution in [-0.4, -0.2) is 50.6 Å². The fourth-order valence-electron chi connectivity index (χ4n) is 5.29. The first-order valence-electron chi connectivity index (χ1n) is 11.6. The molecular formula is C24H27N5O3S. The number of piperidine rings is 1. The highest BCUT2D eigenvalue weighted by atomic mass is 32.2. The van der Waals surface area contributed by atoms with Gasteiger partial charge in [-0.05, 0) is 50.6 Å². The average molecular weight is 466 g/mol. The Morgan fingerprint density at radius 1 is 1.06 bits per heavy atom. The summed E-state index contributed by atoms with van der Waals surface area (Å²) in [6.45, 7) is 4.28. The molecule has 0 aliphatic carbocycles. The van der Waals surface area contributed by atoms with Crippen LogP contribution in [0.5, 0.6) is 5.75 Å². The molecule has 6 rings (SSSR count). The Labute approximate surface area is 195 Å². The zero-order chi connectivity index (χ0) is 22.4. The highest BCUT2D eigenvalue weighted by molar-refractivity contribution is 7.99. The molecule has 8 nitrogen and oxygen atoms in total. The second-order valence-electron chi connectivity index (χ2n) is 9.07. The van der Waals surface area contributed by atoms with Gasteiger partial charge in [-0.2, -0.15) is 0 Å². The lowest BCUT2D eigenvalue weighted by molar-refractivity contribution is 0.164. The molecule has 9 heteroatoms. The number of thioether (sulfide) groups is 1. The highest BCUT2D eigenvalue weighted by Gasteiger charge is 2.27. The van der Waals surface area contributed by atoms with Crippen molar-refractivity contribution in [3.8, 4) is 5.75 Å². The van der Waals surface area contributed by atoms with Gasteiger partial charge in [0.2, 0.25) is 0 Å². The molecule has 1 fully saturated rings. The minimum Gasteiger partial charge on any atom is -0.480 e. The van der Waals surface area contributed by atoms with Gasteiger partial charge in [0, 0.05) is 43.2 Å². The fourth-order valence-corrected chi connectivity index (χ4v) is 6.07. The third-order valence-electron chi connectivity index (χ3n) is 7.05. The number of nitrogens with zero attached hydrogens (tertiary/aromatic N) is 4. The Morgan fingerprint density at radius 3 is 2.73 bits per heavy atom. The van der Waals surface area contributed by atoms with E-state index >= 15 is 0 Å². The first-order valence-corrected chi connectivity index (χ1v) is 12.6. The summed E-state index contributed by atoms with van der Waals surface area (Å²) in [4.78, 5) is 33.2. The molecule has 3 aromatic heterocycles. The van der Waals surface area contributed by atoms with Gasteiger partial charge in [-0.1, -0.05) is 11.8 Å². The zero-order valence-corrected chi connectivity index (χ0v) is 19.2. The van der Waals surface area contributed by atoms with Gasteiger partial charge >= 0.3 is 0 Å². The van der Waals surface area contributed by atoms with E-state index in [2.05, 4.69) is 21.3 Å². The second-order valence-corrected chi connectivity index (χ2v) is 10.0. The molecule has 1 saturated heterocycles. The summed E-state index contributed by atoms with van der Waals surface area (Å²) in [5.74, 6) is 1.57. The maximum absolute atomic E-state index is 12.8. The number of ether oxygens (including phenoxy) is 1. The molecule has 33 heavy (non-hydrogen) atoms. The van der Waals surface area contributed by atoms with Crippen LogP contribution in [-0.2, 0) is 13.1 Å². The van der Waals surface area contributed by atoms with Crippen LogP contribution < -0.4 is 21.2 Å². The van der Waals surface area contributed by atoms with Crippen molar-refractivity contribution in [3.05, 3.63) is 62.9 Å². The Balaban J connectivity index is 1.09. The minimum absolute atomic E-state index is 0.0199. The molecule has 172 valence electrons. The van der Waals surface area contributed by atoms with E-state index in [1.54, 1.807) is 28.5 Å². The molecule has 3 aliphatic rings. The SMILES string of the molecule is O=c1ccc2ccc(=O)n3c2n1CCC3CN1CCC(NCc2cc3c(cn2)OCS3)CC1. The first kappa shape index (κ1) is 20.9. The van der Waals surface area contributed by atoms with E-state index in [1.807, 2.05) is 22.9 Å². The highest BCUT2D eigenvalue weighted by Crippen LogP contribution is 2.35. The molecule has 6 heterocycles. The molecular weight excluding hydrogens is 438 g/mol. The van der Waals surface area contributed by atoms with Crippen molar-refractivity contribution in [1.82, 2.24) is 24.3 Å². The van der Waals surface area contributed by atoms with Crippen LogP contribution in [0.15, 0.2) is 51.0 Å². The van der Waals surface area contributed by atoms with Crippen LogP contribution in [0.3, 0.4) is 0 Å². The van der Waals surface area contributed by atoms with Crippen molar-refractivity contribution in [3.63, 3.8) is 0 Å². The van der Waals surface area contributed by atoms with Gasteiger partial charge in [-0.3, -0.25) is 23.7 Å². The third kappa shape index (κ3) is 3.98. The van der Waals surface area contributed by atoms with Crippen LogP contribution in [0.4, 0.5) is 0 Å². The van der Waals surface area contributed by atoms with Crippen LogP contribution in [0.2, 0.25) is 0 Å².